The minimum Gasteiger partial charge on any atom is -0.299 e. The quantitative estimate of drug-likeness (QED) is 0.590. The lowest BCUT2D eigenvalue weighted by Crippen LogP contribution is -2.49. The highest BCUT2D eigenvalue weighted by Gasteiger charge is 2.50. The lowest BCUT2D eigenvalue weighted by atomic mass is 9.57. The number of Topliss-reactive ketones (excluding diaryl/α,β-unsaturated/α-hetero) is 1. The van der Waals surface area contributed by atoms with Crippen molar-refractivity contribution in [2.75, 3.05) is 5.75 Å². The van der Waals surface area contributed by atoms with Gasteiger partial charge in [-0.1, -0.05) is 37.3 Å². The molecule has 20 heavy (non-hydrogen) atoms. The minimum absolute atomic E-state index is 0.118. The largest absolute Gasteiger partial charge is 0.299 e. The lowest BCUT2D eigenvalue weighted by molar-refractivity contribution is -0.136. The first-order chi connectivity index (χ1) is 9.73. The van der Waals surface area contributed by atoms with Crippen molar-refractivity contribution < 1.29 is 4.79 Å². The van der Waals surface area contributed by atoms with Gasteiger partial charge in [0.15, 0.2) is 0 Å². The van der Waals surface area contributed by atoms with Gasteiger partial charge in [-0.15, -0.1) is 11.8 Å². The van der Waals surface area contributed by atoms with Crippen LogP contribution in [0.3, 0.4) is 0 Å². The van der Waals surface area contributed by atoms with Gasteiger partial charge in [0.25, 0.3) is 0 Å². The van der Waals surface area contributed by atoms with Crippen LogP contribution in [-0.4, -0.2) is 11.5 Å². The molecule has 0 aliphatic heterocycles. The maximum absolute atomic E-state index is 12.7. The molecule has 0 spiro atoms. The fourth-order valence-electron chi connectivity index (χ4n) is 3.85. The Morgan fingerprint density at radius 3 is 2.90 bits per heavy atom. The normalized spacial score (nSPS) is 33.0. The second-order valence-electron chi connectivity index (χ2n) is 6.11. The molecule has 2 heteroatoms. The van der Waals surface area contributed by atoms with E-state index in [2.05, 4.69) is 43.3 Å². The highest BCUT2D eigenvalue weighted by molar-refractivity contribution is 7.99. The first-order valence-electron chi connectivity index (χ1n) is 7.61. The first kappa shape index (κ1) is 13.9. The van der Waals surface area contributed by atoms with Gasteiger partial charge in [-0.25, -0.2) is 0 Å². The molecule has 0 heterocycles. The van der Waals surface area contributed by atoms with Crippen LogP contribution in [0.5, 0.6) is 0 Å². The van der Waals surface area contributed by atoms with Crippen molar-refractivity contribution in [1.29, 1.82) is 0 Å². The number of fused-ring (bicyclic) bond motifs is 1. The molecule has 0 saturated heterocycles. The Hall–Kier alpha value is -1.02. The van der Waals surface area contributed by atoms with Crippen molar-refractivity contribution >= 4 is 17.5 Å². The Morgan fingerprint density at radius 2 is 2.10 bits per heavy atom. The number of carbonyl (C=O) groups excluding carboxylic acids is 1. The molecular weight excluding hydrogens is 264 g/mol. The van der Waals surface area contributed by atoms with Gasteiger partial charge in [0.1, 0.15) is 5.78 Å². The van der Waals surface area contributed by atoms with Crippen molar-refractivity contribution in [3.05, 3.63) is 42.5 Å². The van der Waals surface area contributed by atoms with E-state index in [4.69, 9.17) is 0 Å². The van der Waals surface area contributed by atoms with E-state index in [0.29, 0.717) is 17.6 Å². The zero-order valence-electron chi connectivity index (χ0n) is 12.0. The summed E-state index contributed by atoms with van der Waals surface area (Å²) in [5.74, 6) is 2.38. The molecule has 1 aromatic carbocycles. The van der Waals surface area contributed by atoms with E-state index in [1.807, 2.05) is 17.8 Å². The summed E-state index contributed by atoms with van der Waals surface area (Å²) in [7, 11) is 0. The molecule has 0 unspecified atom stereocenters. The maximum atomic E-state index is 12.7. The van der Waals surface area contributed by atoms with Crippen molar-refractivity contribution in [2.24, 2.45) is 17.3 Å². The summed E-state index contributed by atoms with van der Waals surface area (Å²) in [6.45, 7) is 2.23. The smallest absolute Gasteiger partial charge is 0.140 e. The molecule has 0 N–H and O–H groups in total. The van der Waals surface area contributed by atoms with E-state index >= 15 is 0 Å². The number of hydrogen-bond donors (Lipinski definition) is 0. The monoisotopic (exact) mass is 286 g/mol. The molecule has 1 fully saturated rings. The van der Waals surface area contributed by atoms with Gasteiger partial charge in [-0.05, 0) is 43.2 Å². The molecule has 0 amide bonds. The minimum atomic E-state index is -0.118. The van der Waals surface area contributed by atoms with Gasteiger partial charge < -0.3 is 0 Å². The van der Waals surface area contributed by atoms with Gasteiger partial charge in [0, 0.05) is 22.5 Å². The summed E-state index contributed by atoms with van der Waals surface area (Å²) in [6, 6.07) is 10.5. The van der Waals surface area contributed by atoms with Crippen LogP contribution in [0.4, 0.5) is 0 Å². The molecule has 2 aliphatic carbocycles. The topological polar surface area (TPSA) is 17.1 Å². The van der Waals surface area contributed by atoms with E-state index < -0.39 is 0 Å². The van der Waals surface area contributed by atoms with E-state index in [1.165, 1.54) is 11.3 Å². The van der Waals surface area contributed by atoms with Crippen LogP contribution in [0.2, 0.25) is 0 Å². The Kier molecular flexibility index (Phi) is 4.02. The molecule has 0 aromatic heterocycles. The van der Waals surface area contributed by atoms with Crippen LogP contribution in [0.1, 0.15) is 32.6 Å². The second-order valence-corrected chi connectivity index (χ2v) is 7.16. The fraction of sp³-hybridized carbons (Fsp3) is 0.500. The molecule has 0 bridgehead atoms. The second kappa shape index (κ2) is 5.77. The van der Waals surface area contributed by atoms with Gasteiger partial charge in [-0.2, -0.15) is 0 Å². The average Bonchev–Trinajstić information content (AvgIpc) is 2.48. The van der Waals surface area contributed by atoms with Gasteiger partial charge in [0.05, 0.1) is 0 Å². The van der Waals surface area contributed by atoms with Crippen molar-refractivity contribution in [3.63, 3.8) is 0 Å². The van der Waals surface area contributed by atoms with Crippen molar-refractivity contribution in [1.82, 2.24) is 0 Å². The van der Waals surface area contributed by atoms with Crippen LogP contribution in [0.15, 0.2) is 47.4 Å². The van der Waals surface area contributed by atoms with Crippen LogP contribution in [-0.2, 0) is 4.79 Å². The van der Waals surface area contributed by atoms with Crippen LogP contribution in [0.25, 0.3) is 0 Å². The molecule has 1 saturated carbocycles. The third-order valence-corrected chi connectivity index (χ3v) is 6.31. The summed E-state index contributed by atoms with van der Waals surface area (Å²) >= 11 is 1.86. The van der Waals surface area contributed by atoms with E-state index in [-0.39, 0.29) is 5.41 Å². The number of benzene rings is 1. The first-order valence-corrected chi connectivity index (χ1v) is 8.60. The zero-order chi connectivity index (χ0) is 14.0. The fourth-order valence-corrected chi connectivity index (χ4v) is 5.26. The molecule has 1 nitrogen and oxygen atoms in total. The van der Waals surface area contributed by atoms with E-state index in [1.54, 1.807) is 0 Å². The van der Waals surface area contributed by atoms with Crippen LogP contribution < -0.4 is 0 Å². The predicted octanol–water partition coefficient (Wildman–Crippen LogP) is 4.73. The summed E-state index contributed by atoms with van der Waals surface area (Å²) in [5, 5.41) is 0. The van der Waals surface area contributed by atoms with Gasteiger partial charge in [0.2, 0.25) is 0 Å². The number of thioether (sulfide) groups is 1. The summed E-state index contributed by atoms with van der Waals surface area (Å²) in [5.41, 5.74) is -0.118. The Labute approximate surface area is 125 Å². The standard InChI is InChI=1S/C18H22OS/c1-14-7-5-8-15-9-6-12-17(19)18(14,15)13-20-16-10-3-2-4-11-16/h2-5,7,10-11,14-15H,6,8-9,12-13H2,1H3/t14-,15+,18-/m0/s1. The molecule has 1 aromatic rings. The van der Waals surface area contributed by atoms with Gasteiger partial charge in [-0.3, -0.25) is 4.79 Å². The number of allylic oxidation sites excluding steroid dienone is 2. The van der Waals surface area contributed by atoms with E-state index in [0.717, 1.165) is 25.0 Å². The third kappa shape index (κ3) is 2.35. The third-order valence-electron chi connectivity index (χ3n) is 5.08. The number of carbonyl (C=O) groups is 1. The summed E-state index contributed by atoms with van der Waals surface area (Å²) in [6.07, 6.45) is 8.73. The molecule has 3 atom stereocenters. The average molecular weight is 286 g/mol. The number of rotatable bonds is 3. The predicted molar refractivity (Wildman–Crippen MR) is 84.9 cm³/mol. The van der Waals surface area contributed by atoms with Crippen molar-refractivity contribution in [2.45, 2.75) is 37.5 Å². The van der Waals surface area contributed by atoms with Gasteiger partial charge >= 0.3 is 0 Å². The molecule has 0 radical (unpaired) electrons. The van der Waals surface area contributed by atoms with Crippen LogP contribution >= 0.6 is 11.8 Å². The summed E-state index contributed by atoms with van der Waals surface area (Å²) < 4.78 is 0. The Balaban J connectivity index is 1.85. The van der Waals surface area contributed by atoms with Crippen molar-refractivity contribution in [3.8, 4) is 0 Å². The molecule has 3 rings (SSSR count). The molecule has 106 valence electrons. The van der Waals surface area contributed by atoms with Crippen LogP contribution in [0, 0.1) is 17.3 Å². The highest BCUT2D eigenvalue weighted by Crippen LogP contribution is 2.51. The maximum Gasteiger partial charge on any atom is 0.140 e. The summed E-state index contributed by atoms with van der Waals surface area (Å²) in [4.78, 5) is 14.0. The number of hydrogen-bond acceptors (Lipinski definition) is 2. The Bertz CT molecular complexity index is 507. The zero-order valence-corrected chi connectivity index (χ0v) is 12.9. The lowest BCUT2D eigenvalue weighted by Gasteiger charge is -2.48. The molecule has 2 aliphatic rings. The SMILES string of the molecule is C[C@H]1C=CC[C@@H]2CCCC(=O)[C@]21CSc1ccccc1. The number of ketones is 1. The Morgan fingerprint density at radius 1 is 1.30 bits per heavy atom. The van der Waals surface area contributed by atoms with E-state index in [9.17, 15) is 4.79 Å². The molecular formula is C18H22OS. The highest BCUT2D eigenvalue weighted by atomic mass is 32.2.